The average molecular weight is 305 g/mol. The zero-order valence-electron chi connectivity index (χ0n) is 5.09. The summed E-state index contributed by atoms with van der Waals surface area (Å²) in [6.45, 7) is 4.46. The summed E-state index contributed by atoms with van der Waals surface area (Å²) in [5.41, 5.74) is 0. The zero-order chi connectivity index (χ0) is 5.21. The predicted octanol–water partition coefficient (Wildman–Crippen LogP) is 0.884. The molecule has 8 heavy (non-hydrogen) atoms. The molecule has 0 heterocycles. The van der Waals surface area contributed by atoms with Crippen molar-refractivity contribution in [2.75, 3.05) is 6.16 Å². The van der Waals surface area contributed by atoms with Gasteiger partial charge in [0.05, 0.1) is 0 Å². The molecular weight excluding hydrogens is 295 g/mol. The fraction of sp³-hybridized carbons (Fsp3) is 0.500. The molecule has 4 heteroatoms. The number of hydrogen-bond acceptors (Lipinski definition) is 2. The molecule has 0 spiro atoms. The van der Waals surface area contributed by atoms with Gasteiger partial charge >= 0.3 is 0 Å². The van der Waals surface area contributed by atoms with E-state index in [0.29, 0.717) is 0 Å². The van der Waals surface area contributed by atoms with Crippen molar-refractivity contribution in [2.45, 2.75) is 6.92 Å². The topological polar surface area (TPSA) is 40.1 Å². The molecule has 0 radical (unpaired) electrons. The fourth-order valence-corrected chi connectivity index (χ4v) is 0. The SMILES string of the molecule is [CH2-]P(=O)([O-])CC.[CH3-].[W]. The quantitative estimate of drug-likeness (QED) is 0.533. The molecule has 0 aliphatic heterocycles. The van der Waals surface area contributed by atoms with Crippen molar-refractivity contribution in [3.8, 4) is 0 Å². The van der Waals surface area contributed by atoms with Crippen LogP contribution in [0.3, 0.4) is 0 Å². The maximum atomic E-state index is 9.92. The molecule has 0 aromatic rings. The summed E-state index contributed by atoms with van der Waals surface area (Å²) in [7, 11) is -3.15. The van der Waals surface area contributed by atoms with Crippen LogP contribution in [0.2, 0.25) is 0 Å². The Hall–Kier alpha value is 0.878. The Balaban J connectivity index is -0.000000125. The van der Waals surface area contributed by atoms with Crippen LogP contribution >= 0.6 is 7.37 Å². The minimum absolute atomic E-state index is 0. The van der Waals surface area contributed by atoms with Gasteiger partial charge in [0.1, 0.15) is 0 Å². The summed E-state index contributed by atoms with van der Waals surface area (Å²) in [5.74, 6) is 0. The second kappa shape index (κ2) is 6.01. The molecule has 2 nitrogen and oxygen atoms in total. The Kier molecular flexibility index (Phi) is 12.0. The Morgan fingerprint density at radius 1 is 1.75 bits per heavy atom. The van der Waals surface area contributed by atoms with Crippen LogP contribution in [0.15, 0.2) is 0 Å². The first-order chi connectivity index (χ1) is 2.56. The van der Waals surface area contributed by atoms with Crippen LogP contribution in [0.1, 0.15) is 6.92 Å². The maximum Gasteiger partial charge on any atom is 0 e. The minimum Gasteiger partial charge on any atom is -0.823 e. The Morgan fingerprint density at radius 2 is 1.88 bits per heavy atom. The summed E-state index contributed by atoms with van der Waals surface area (Å²) in [6.07, 6.45) is 0.160. The summed E-state index contributed by atoms with van der Waals surface area (Å²) >= 11 is 0. The van der Waals surface area contributed by atoms with E-state index in [-0.39, 0.29) is 34.7 Å². The third-order valence-electron chi connectivity index (χ3n) is 0.482. The van der Waals surface area contributed by atoms with E-state index in [2.05, 4.69) is 6.66 Å². The van der Waals surface area contributed by atoms with Crippen molar-refractivity contribution in [3.05, 3.63) is 14.1 Å². The Labute approximate surface area is 65.4 Å². The van der Waals surface area contributed by atoms with Gasteiger partial charge in [0.25, 0.3) is 0 Å². The molecule has 1 atom stereocenters. The molecule has 0 bridgehead atoms. The van der Waals surface area contributed by atoms with E-state index in [1.54, 1.807) is 6.92 Å². The number of hydrogen-bond donors (Lipinski definition) is 0. The summed E-state index contributed by atoms with van der Waals surface area (Å²) in [4.78, 5) is 9.92. The van der Waals surface area contributed by atoms with Gasteiger partial charge in [-0.25, -0.2) is 0 Å². The molecule has 0 aliphatic rings. The van der Waals surface area contributed by atoms with Crippen molar-refractivity contribution in [1.82, 2.24) is 0 Å². The van der Waals surface area contributed by atoms with Crippen LogP contribution in [0.5, 0.6) is 0 Å². The van der Waals surface area contributed by atoms with Gasteiger partial charge in [-0.3, -0.25) is 6.66 Å². The van der Waals surface area contributed by atoms with Crippen molar-refractivity contribution in [1.29, 1.82) is 0 Å². The van der Waals surface area contributed by atoms with Gasteiger partial charge in [0.15, 0.2) is 0 Å². The molecule has 0 saturated heterocycles. The first kappa shape index (κ1) is 15.9. The second-order valence-electron chi connectivity index (χ2n) is 1.13. The Bertz CT molecular complexity index is 78.1. The maximum absolute atomic E-state index is 9.92. The predicted molar refractivity (Wildman–Crippen MR) is 29.9 cm³/mol. The van der Waals surface area contributed by atoms with E-state index in [0.717, 1.165) is 0 Å². The molecule has 52 valence electrons. The van der Waals surface area contributed by atoms with Crippen LogP contribution in [0.25, 0.3) is 0 Å². The zero-order valence-corrected chi connectivity index (χ0v) is 8.91. The third-order valence-corrected chi connectivity index (χ3v) is 1.45. The van der Waals surface area contributed by atoms with Gasteiger partial charge in [-0.2, -0.15) is 0 Å². The molecule has 0 N–H and O–H groups in total. The van der Waals surface area contributed by atoms with Crippen LogP contribution in [0, 0.1) is 14.1 Å². The molecule has 0 aromatic heterocycles. The summed E-state index contributed by atoms with van der Waals surface area (Å²) in [5, 5.41) is 0. The molecule has 1 unspecified atom stereocenters. The van der Waals surface area contributed by atoms with Crippen molar-refractivity contribution in [2.24, 2.45) is 0 Å². The molecule has 0 aromatic carbocycles. The number of rotatable bonds is 1. The first-order valence-corrected chi connectivity index (χ1v) is 3.70. The van der Waals surface area contributed by atoms with E-state index in [1.165, 1.54) is 0 Å². The molecule has 0 saturated carbocycles. The standard InChI is InChI=1S/C3H8O2P.CH3.W/c1-3-6(2,4)5;;/h2-3H2,1H3,(H,4,5);1H3;/q2*-1;/p-1. The molecular formula is C4H10O2PW-3. The molecule has 0 fully saturated rings. The van der Waals surface area contributed by atoms with Crippen LogP contribution < -0.4 is 4.89 Å². The van der Waals surface area contributed by atoms with Crippen LogP contribution in [0.4, 0.5) is 0 Å². The summed E-state index contributed by atoms with van der Waals surface area (Å²) in [6, 6.07) is 0. The smallest absolute Gasteiger partial charge is 0 e. The largest absolute Gasteiger partial charge is 0.823 e. The van der Waals surface area contributed by atoms with Crippen LogP contribution in [-0.2, 0) is 25.6 Å². The van der Waals surface area contributed by atoms with E-state index in [4.69, 9.17) is 0 Å². The third kappa shape index (κ3) is 15.8. The second-order valence-corrected chi connectivity index (χ2v) is 3.39. The minimum atomic E-state index is -3.15. The molecule has 0 rings (SSSR count). The van der Waals surface area contributed by atoms with Gasteiger partial charge in [0, 0.05) is 21.1 Å². The van der Waals surface area contributed by atoms with Crippen molar-refractivity contribution in [3.63, 3.8) is 0 Å². The Morgan fingerprint density at radius 3 is 1.88 bits per heavy atom. The van der Waals surface area contributed by atoms with E-state index >= 15 is 0 Å². The van der Waals surface area contributed by atoms with Gasteiger partial charge in [-0.05, 0) is 6.16 Å². The monoisotopic (exact) mass is 305 g/mol. The van der Waals surface area contributed by atoms with Gasteiger partial charge in [0.2, 0.25) is 0 Å². The average Bonchev–Trinajstić information content (AvgIpc) is 1.35. The molecule has 0 aliphatic carbocycles. The van der Waals surface area contributed by atoms with Crippen LogP contribution in [-0.4, -0.2) is 6.16 Å². The normalized spacial score (nSPS) is 14.9. The van der Waals surface area contributed by atoms with Crippen molar-refractivity contribution < 1.29 is 30.5 Å². The van der Waals surface area contributed by atoms with E-state index in [1.807, 2.05) is 0 Å². The summed E-state index contributed by atoms with van der Waals surface area (Å²) < 4.78 is 9.92. The fourth-order valence-electron chi connectivity index (χ4n) is 0. The van der Waals surface area contributed by atoms with E-state index in [9.17, 15) is 9.46 Å². The van der Waals surface area contributed by atoms with Gasteiger partial charge < -0.3 is 16.9 Å². The van der Waals surface area contributed by atoms with E-state index < -0.39 is 7.37 Å². The van der Waals surface area contributed by atoms with Crippen molar-refractivity contribution >= 4 is 7.37 Å². The van der Waals surface area contributed by atoms with Gasteiger partial charge in [-0.15, -0.1) is 7.37 Å². The molecule has 0 amide bonds. The first-order valence-electron chi connectivity index (χ1n) is 1.70. The van der Waals surface area contributed by atoms with Gasteiger partial charge in [-0.1, -0.05) is 6.92 Å².